The smallest absolute Gasteiger partial charge is 0.326 e. The average molecular weight is 463 g/mol. The van der Waals surface area contributed by atoms with Gasteiger partial charge < -0.3 is 31.9 Å². The maximum atomic E-state index is 12.9. The van der Waals surface area contributed by atoms with E-state index >= 15 is 0 Å². The van der Waals surface area contributed by atoms with Crippen LogP contribution in [0.15, 0.2) is 0 Å². The largest absolute Gasteiger partial charge is 0.480 e. The first kappa shape index (κ1) is 29.1. The van der Waals surface area contributed by atoms with E-state index in [1.165, 1.54) is 6.92 Å². The Balaban J connectivity index is 5.42. The second kappa shape index (κ2) is 14.3. The minimum Gasteiger partial charge on any atom is -0.480 e. The molecule has 7 N–H and O–H groups in total. The summed E-state index contributed by atoms with van der Waals surface area (Å²) in [6.45, 7) is 8.19. The van der Waals surface area contributed by atoms with Crippen LogP contribution in [-0.2, 0) is 19.2 Å². The number of carbonyl (C=O) groups excluding carboxylic acids is 3. The van der Waals surface area contributed by atoms with Crippen LogP contribution in [0.5, 0.6) is 0 Å². The van der Waals surface area contributed by atoms with Crippen molar-refractivity contribution in [3.8, 4) is 0 Å². The highest BCUT2D eigenvalue weighted by molar-refractivity contribution is 7.98. The molecular formula is C20H38N4O6S. The Labute approximate surface area is 188 Å². The molecule has 180 valence electrons. The number of nitrogens with two attached hydrogens (primary N) is 1. The predicted octanol–water partition coefficient (Wildman–Crippen LogP) is -0.311. The van der Waals surface area contributed by atoms with Crippen LogP contribution < -0.4 is 21.7 Å². The normalized spacial score (nSPS) is 17.1. The monoisotopic (exact) mass is 462 g/mol. The van der Waals surface area contributed by atoms with E-state index in [9.17, 15) is 29.4 Å². The molecule has 0 saturated heterocycles. The van der Waals surface area contributed by atoms with Gasteiger partial charge in [-0.2, -0.15) is 11.8 Å². The standard InChI is InChI=1S/C20H38N4O6S/c1-7-11(4)15(23-17(26)13(21)8-9-31-6)18(27)24-16(12(5)25)19(28)22-14(10(2)3)20(29)30/h10-16,25H,7-9,21H2,1-6H3,(H,22,28)(H,23,26)(H,24,27)(H,29,30). The molecule has 0 spiro atoms. The highest BCUT2D eigenvalue weighted by Crippen LogP contribution is 2.11. The number of carboxylic acid groups (broad SMARTS) is 1. The molecule has 10 nitrogen and oxygen atoms in total. The van der Waals surface area contributed by atoms with Gasteiger partial charge in [0.25, 0.3) is 0 Å². The van der Waals surface area contributed by atoms with Crippen LogP contribution in [0.25, 0.3) is 0 Å². The van der Waals surface area contributed by atoms with Crippen molar-refractivity contribution in [2.45, 2.75) is 77.7 Å². The topological polar surface area (TPSA) is 171 Å². The summed E-state index contributed by atoms with van der Waals surface area (Å²) in [6.07, 6.45) is 1.63. The SMILES string of the molecule is CCC(C)C(NC(=O)C(N)CCSC)C(=O)NC(C(=O)NC(C(=O)O)C(C)C)C(C)O. The number of aliphatic carboxylic acids is 1. The molecule has 31 heavy (non-hydrogen) atoms. The van der Waals surface area contributed by atoms with Crippen molar-refractivity contribution >= 4 is 35.5 Å². The Morgan fingerprint density at radius 2 is 1.39 bits per heavy atom. The van der Waals surface area contributed by atoms with Gasteiger partial charge in [-0.05, 0) is 37.2 Å². The summed E-state index contributed by atoms with van der Waals surface area (Å²) in [5.74, 6) is -3.15. The van der Waals surface area contributed by atoms with E-state index in [1.54, 1.807) is 32.5 Å². The summed E-state index contributed by atoms with van der Waals surface area (Å²) in [5, 5.41) is 26.7. The molecule has 0 aliphatic heterocycles. The molecule has 0 aromatic heterocycles. The molecule has 0 rings (SSSR count). The molecule has 0 aromatic carbocycles. The van der Waals surface area contributed by atoms with Crippen LogP contribution in [-0.4, -0.2) is 76.2 Å². The molecule has 0 saturated carbocycles. The number of carbonyl (C=O) groups is 4. The lowest BCUT2D eigenvalue weighted by Gasteiger charge is -2.29. The van der Waals surface area contributed by atoms with Gasteiger partial charge in [0.2, 0.25) is 17.7 Å². The van der Waals surface area contributed by atoms with Crippen molar-refractivity contribution in [3.63, 3.8) is 0 Å². The first-order valence-corrected chi connectivity index (χ1v) is 11.8. The van der Waals surface area contributed by atoms with Crippen LogP contribution in [0.2, 0.25) is 0 Å². The number of thioether (sulfide) groups is 1. The zero-order valence-corrected chi connectivity index (χ0v) is 20.0. The quantitative estimate of drug-likeness (QED) is 0.204. The van der Waals surface area contributed by atoms with Crippen molar-refractivity contribution in [3.05, 3.63) is 0 Å². The maximum Gasteiger partial charge on any atom is 0.326 e. The van der Waals surface area contributed by atoms with E-state index in [-0.39, 0.29) is 5.92 Å². The number of hydrogen-bond acceptors (Lipinski definition) is 7. The van der Waals surface area contributed by atoms with E-state index in [1.807, 2.05) is 13.2 Å². The van der Waals surface area contributed by atoms with E-state index in [2.05, 4.69) is 16.0 Å². The number of hydrogen-bond donors (Lipinski definition) is 6. The van der Waals surface area contributed by atoms with Gasteiger partial charge in [-0.25, -0.2) is 4.79 Å². The van der Waals surface area contributed by atoms with Crippen molar-refractivity contribution in [2.24, 2.45) is 17.6 Å². The van der Waals surface area contributed by atoms with Gasteiger partial charge in [-0.1, -0.05) is 34.1 Å². The third kappa shape index (κ3) is 9.88. The Kier molecular flexibility index (Phi) is 13.4. The highest BCUT2D eigenvalue weighted by Gasteiger charge is 2.34. The molecule has 6 unspecified atom stereocenters. The third-order valence-electron chi connectivity index (χ3n) is 5.06. The molecule has 0 radical (unpaired) electrons. The van der Waals surface area contributed by atoms with Gasteiger partial charge in [0.1, 0.15) is 18.1 Å². The number of rotatable bonds is 14. The van der Waals surface area contributed by atoms with Crippen molar-refractivity contribution < 1.29 is 29.4 Å². The highest BCUT2D eigenvalue weighted by atomic mass is 32.2. The molecule has 0 bridgehead atoms. The van der Waals surface area contributed by atoms with Gasteiger partial charge in [0.05, 0.1) is 12.1 Å². The van der Waals surface area contributed by atoms with Gasteiger partial charge in [0, 0.05) is 0 Å². The summed E-state index contributed by atoms with van der Waals surface area (Å²) in [4.78, 5) is 49.3. The number of nitrogens with one attached hydrogen (secondary N) is 3. The van der Waals surface area contributed by atoms with Gasteiger partial charge >= 0.3 is 5.97 Å². The van der Waals surface area contributed by atoms with E-state index in [4.69, 9.17) is 5.73 Å². The second-order valence-corrected chi connectivity index (χ2v) is 9.04. The van der Waals surface area contributed by atoms with Gasteiger partial charge in [-0.15, -0.1) is 0 Å². The molecule has 0 aromatic rings. The van der Waals surface area contributed by atoms with Crippen molar-refractivity contribution in [1.82, 2.24) is 16.0 Å². The van der Waals surface area contributed by atoms with Crippen molar-refractivity contribution in [2.75, 3.05) is 12.0 Å². The number of carboxylic acids is 1. The summed E-state index contributed by atoms with van der Waals surface area (Å²) in [6, 6.07) is -4.30. The molecule has 11 heteroatoms. The van der Waals surface area contributed by atoms with E-state index in [0.717, 1.165) is 0 Å². The Morgan fingerprint density at radius 1 is 0.903 bits per heavy atom. The molecule has 0 aliphatic rings. The molecule has 0 heterocycles. The Hall–Kier alpha value is -1.85. The van der Waals surface area contributed by atoms with Crippen LogP contribution in [0.1, 0.15) is 47.5 Å². The molecule has 3 amide bonds. The van der Waals surface area contributed by atoms with Crippen LogP contribution >= 0.6 is 11.8 Å². The van der Waals surface area contributed by atoms with Crippen LogP contribution in [0, 0.1) is 11.8 Å². The average Bonchev–Trinajstić information content (AvgIpc) is 2.70. The van der Waals surface area contributed by atoms with Gasteiger partial charge in [0.15, 0.2) is 0 Å². The first-order chi connectivity index (χ1) is 14.4. The van der Waals surface area contributed by atoms with Gasteiger partial charge in [-0.3, -0.25) is 14.4 Å². The minimum atomic E-state index is -1.39. The zero-order valence-electron chi connectivity index (χ0n) is 19.2. The minimum absolute atomic E-state index is 0.267. The molecular weight excluding hydrogens is 424 g/mol. The van der Waals surface area contributed by atoms with E-state index in [0.29, 0.717) is 18.6 Å². The third-order valence-corrected chi connectivity index (χ3v) is 5.70. The predicted molar refractivity (Wildman–Crippen MR) is 120 cm³/mol. The fourth-order valence-corrected chi connectivity index (χ4v) is 3.23. The fraction of sp³-hybridized carbons (Fsp3) is 0.800. The van der Waals surface area contributed by atoms with E-state index < -0.39 is 59.9 Å². The zero-order chi connectivity index (χ0) is 24.3. The maximum absolute atomic E-state index is 12.9. The van der Waals surface area contributed by atoms with Crippen LogP contribution in [0.4, 0.5) is 0 Å². The lowest BCUT2D eigenvalue weighted by Crippen LogP contribution is -2.61. The van der Waals surface area contributed by atoms with Crippen LogP contribution in [0.3, 0.4) is 0 Å². The summed E-state index contributed by atoms with van der Waals surface area (Å²) in [5.41, 5.74) is 5.89. The Bertz CT molecular complexity index is 616. The summed E-state index contributed by atoms with van der Waals surface area (Å²) in [7, 11) is 0. The number of aliphatic hydroxyl groups is 1. The lowest BCUT2D eigenvalue weighted by atomic mass is 9.97. The summed E-state index contributed by atoms with van der Waals surface area (Å²) >= 11 is 1.55. The lowest BCUT2D eigenvalue weighted by molar-refractivity contribution is -0.144. The Morgan fingerprint density at radius 3 is 1.81 bits per heavy atom. The molecule has 0 fully saturated rings. The summed E-state index contributed by atoms with van der Waals surface area (Å²) < 4.78 is 0. The number of amides is 3. The molecule has 0 aliphatic carbocycles. The van der Waals surface area contributed by atoms with Crippen molar-refractivity contribution in [1.29, 1.82) is 0 Å². The number of aliphatic hydroxyl groups excluding tert-OH is 1. The molecule has 6 atom stereocenters. The second-order valence-electron chi connectivity index (χ2n) is 8.06. The fourth-order valence-electron chi connectivity index (χ4n) is 2.74. The first-order valence-electron chi connectivity index (χ1n) is 10.4.